The highest BCUT2D eigenvalue weighted by Gasteiger charge is 2.22. The Morgan fingerprint density at radius 2 is 1.82 bits per heavy atom. The Morgan fingerprint density at radius 1 is 1.36 bits per heavy atom. The first-order valence-corrected chi connectivity index (χ1v) is 6.36. The number of nitrogens with zero attached hydrogens (tertiary/aromatic N) is 1. The predicted molar refractivity (Wildman–Crippen MR) is 48.4 cm³/mol. The molecule has 1 fully saturated rings. The first-order valence-electron chi connectivity index (χ1n) is 3.59. The Hall–Kier alpha value is 0.390. The second kappa shape index (κ2) is 3.41. The summed E-state index contributed by atoms with van der Waals surface area (Å²) >= 11 is 3.46. The van der Waals surface area contributed by atoms with Gasteiger partial charge in [-0.25, -0.2) is 12.7 Å². The second-order valence-corrected chi connectivity index (χ2v) is 6.11. The molecule has 0 atom stereocenters. The van der Waals surface area contributed by atoms with Gasteiger partial charge >= 0.3 is 0 Å². The smallest absolute Gasteiger partial charge is 0.211 e. The Balaban J connectivity index is 2.53. The number of halogens is 1. The van der Waals surface area contributed by atoms with E-state index in [2.05, 4.69) is 15.9 Å². The van der Waals surface area contributed by atoms with Crippen molar-refractivity contribution in [3.63, 3.8) is 0 Å². The molecular formula is C6H12BrNO2S. The normalized spacial score (nSPS) is 23.8. The standard InChI is InChI=1S/C6H12BrNO2S/c1-11(9,10)8-4-2-6(7)3-5-8/h6H,2-5H2,1H3. The summed E-state index contributed by atoms with van der Waals surface area (Å²) in [6.07, 6.45) is 3.11. The van der Waals surface area contributed by atoms with Crippen molar-refractivity contribution < 1.29 is 8.42 Å². The molecule has 0 aromatic heterocycles. The van der Waals surface area contributed by atoms with E-state index in [9.17, 15) is 8.42 Å². The molecule has 1 aliphatic rings. The van der Waals surface area contributed by atoms with E-state index in [0.29, 0.717) is 17.9 Å². The van der Waals surface area contributed by atoms with Gasteiger partial charge in [-0.05, 0) is 12.8 Å². The van der Waals surface area contributed by atoms with Crippen LogP contribution in [0.15, 0.2) is 0 Å². The molecule has 0 N–H and O–H groups in total. The van der Waals surface area contributed by atoms with Gasteiger partial charge < -0.3 is 0 Å². The molecule has 0 aromatic carbocycles. The third kappa shape index (κ3) is 2.72. The quantitative estimate of drug-likeness (QED) is 0.638. The van der Waals surface area contributed by atoms with E-state index in [1.165, 1.54) is 10.6 Å². The van der Waals surface area contributed by atoms with Crippen LogP contribution in [0.4, 0.5) is 0 Å². The molecule has 0 amide bonds. The van der Waals surface area contributed by atoms with Crippen LogP contribution >= 0.6 is 15.9 Å². The van der Waals surface area contributed by atoms with Gasteiger partial charge in [-0.15, -0.1) is 0 Å². The van der Waals surface area contributed by atoms with E-state index in [1.807, 2.05) is 0 Å². The van der Waals surface area contributed by atoms with E-state index in [4.69, 9.17) is 0 Å². The minimum atomic E-state index is -2.94. The van der Waals surface area contributed by atoms with Gasteiger partial charge in [-0.1, -0.05) is 15.9 Å². The third-order valence-electron chi connectivity index (χ3n) is 1.85. The van der Waals surface area contributed by atoms with Gasteiger partial charge in [0.25, 0.3) is 0 Å². The zero-order valence-corrected chi connectivity index (χ0v) is 8.86. The fraction of sp³-hybridized carbons (Fsp3) is 1.00. The Bertz CT molecular complexity index is 219. The van der Waals surface area contributed by atoms with Crippen molar-refractivity contribution in [3.8, 4) is 0 Å². The minimum absolute atomic E-state index is 0.500. The Kier molecular flexibility index (Phi) is 2.94. The topological polar surface area (TPSA) is 37.4 Å². The van der Waals surface area contributed by atoms with Gasteiger partial charge in [0.1, 0.15) is 0 Å². The molecular weight excluding hydrogens is 230 g/mol. The van der Waals surface area contributed by atoms with E-state index < -0.39 is 10.0 Å². The van der Waals surface area contributed by atoms with Crippen LogP contribution in [0, 0.1) is 0 Å². The average molecular weight is 242 g/mol. The van der Waals surface area contributed by atoms with Crippen LogP contribution in [-0.2, 0) is 10.0 Å². The molecule has 1 rings (SSSR count). The van der Waals surface area contributed by atoms with Crippen molar-refractivity contribution in [1.29, 1.82) is 0 Å². The van der Waals surface area contributed by atoms with Crippen molar-refractivity contribution in [2.24, 2.45) is 0 Å². The van der Waals surface area contributed by atoms with E-state index >= 15 is 0 Å². The first-order chi connectivity index (χ1) is 5.00. The zero-order chi connectivity index (χ0) is 8.48. The lowest BCUT2D eigenvalue weighted by molar-refractivity contribution is 0.357. The van der Waals surface area contributed by atoms with Crippen LogP contribution < -0.4 is 0 Å². The summed E-state index contributed by atoms with van der Waals surface area (Å²) in [4.78, 5) is 0.500. The van der Waals surface area contributed by atoms with Gasteiger partial charge in [0, 0.05) is 17.9 Å². The summed E-state index contributed by atoms with van der Waals surface area (Å²) in [6, 6.07) is 0. The van der Waals surface area contributed by atoms with Crippen molar-refractivity contribution in [3.05, 3.63) is 0 Å². The van der Waals surface area contributed by atoms with Crippen LogP contribution in [0.3, 0.4) is 0 Å². The van der Waals surface area contributed by atoms with Crippen molar-refractivity contribution in [2.45, 2.75) is 17.7 Å². The Morgan fingerprint density at radius 3 is 2.18 bits per heavy atom. The maximum atomic E-state index is 11.0. The minimum Gasteiger partial charge on any atom is -0.213 e. The predicted octanol–water partition coefficient (Wildman–Crippen LogP) is 0.805. The summed E-state index contributed by atoms with van der Waals surface area (Å²) < 4.78 is 23.5. The summed E-state index contributed by atoms with van der Waals surface area (Å²) in [5.41, 5.74) is 0. The molecule has 0 bridgehead atoms. The number of piperidine rings is 1. The van der Waals surface area contributed by atoms with Gasteiger partial charge in [-0.2, -0.15) is 0 Å². The van der Waals surface area contributed by atoms with Gasteiger partial charge in [-0.3, -0.25) is 0 Å². The van der Waals surface area contributed by atoms with Crippen LogP contribution in [0.1, 0.15) is 12.8 Å². The number of alkyl halides is 1. The summed E-state index contributed by atoms with van der Waals surface area (Å²) in [7, 11) is -2.94. The molecule has 11 heavy (non-hydrogen) atoms. The van der Waals surface area contributed by atoms with E-state index in [1.54, 1.807) is 0 Å². The Labute approximate surface area is 75.9 Å². The molecule has 66 valence electrons. The van der Waals surface area contributed by atoms with Crippen LogP contribution in [-0.4, -0.2) is 36.9 Å². The molecule has 0 unspecified atom stereocenters. The summed E-state index contributed by atoms with van der Waals surface area (Å²) in [6.45, 7) is 1.32. The van der Waals surface area contributed by atoms with Crippen molar-refractivity contribution in [1.82, 2.24) is 4.31 Å². The molecule has 0 saturated carbocycles. The SMILES string of the molecule is CS(=O)(=O)N1CCC(Br)CC1. The largest absolute Gasteiger partial charge is 0.213 e. The lowest BCUT2D eigenvalue weighted by Crippen LogP contribution is -2.37. The van der Waals surface area contributed by atoms with Crippen molar-refractivity contribution >= 4 is 26.0 Å². The number of sulfonamides is 1. The lowest BCUT2D eigenvalue weighted by Gasteiger charge is -2.26. The highest BCUT2D eigenvalue weighted by atomic mass is 79.9. The average Bonchev–Trinajstić information content (AvgIpc) is 1.86. The van der Waals surface area contributed by atoms with Crippen LogP contribution in [0.25, 0.3) is 0 Å². The molecule has 0 aromatic rings. The lowest BCUT2D eigenvalue weighted by atomic mass is 10.2. The highest BCUT2D eigenvalue weighted by Crippen LogP contribution is 2.18. The van der Waals surface area contributed by atoms with Crippen molar-refractivity contribution in [2.75, 3.05) is 19.3 Å². The molecule has 1 aliphatic heterocycles. The highest BCUT2D eigenvalue weighted by molar-refractivity contribution is 9.09. The zero-order valence-electron chi connectivity index (χ0n) is 6.46. The maximum Gasteiger partial charge on any atom is 0.211 e. The molecule has 1 heterocycles. The monoisotopic (exact) mass is 241 g/mol. The summed E-state index contributed by atoms with van der Waals surface area (Å²) in [5.74, 6) is 0. The number of hydrogen-bond donors (Lipinski definition) is 0. The third-order valence-corrected chi connectivity index (χ3v) is 4.07. The fourth-order valence-corrected chi connectivity index (χ4v) is 2.44. The summed E-state index contributed by atoms with van der Waals surface area (Å²) in [5, 5.41) is 0. The first kappa shape index (κ1) is 9.48. The van der Waals surface area contributed by atoms with E-state index in [-0.39, 0.29) is 0 Å². The fourth-order valence-electron chi connectivity index (χ4n) is 1.16. The van der Waals surface area contributed by atoms with Crippen LogP contribution in [0.5, 0.6) is 0 Å². The van der Waals surface area contributed by atoms with Gasteiger partial charge in [0.05, 0.1) is 6.26 Å². The maximum absolute atomic E-state index is 11.0. The molecule has 1 saturated heterocycles. The molecule has 0 radical (unpaired) electrons. The molecule has 0 spiro atoms. The van der Waals surface area contributed by atoms with Gasteiger partial charge in [0.2, 0.25) is 10.0 Å². The van der Waals surface area contributed by atoms with Crippen LogP contribution in [0.2, 0.25) is 0 Å². The number of hydrogen-bond acceptors (Lipinski definition) is 2. The molecule has 0 aliphatic carbocycles. The molecule has 3 nitrogen and oxygen atoms in total. The van der Waals surface area contributed by atoms with E-state index in [0.717, 1.165) is 12.8 Å². The second-order valence-electron chi connectivity index (χ2n) is 2.84. The van der Waals surface area contributed by atoms with Gasteiger partial charge in [0.15, 0.2) is 0 Å². The number of rotatable bonds is 1. The molecule has 5 heteroatoms.